The van der Waals surface area contributed by atoms with Crippen molar-refractivity contribution in [3.8, 4) is 11.5 Å². The van der Waals surface area contributed by atoms with Crippen LogP contribution in [0.4, 0.5) is 11.4 Å². The normalized spacial score (nSPS) is 12.1. The molecule has 0 aliphatic heterocycles. The highest BCUT2D eigenvalue weighted by atomic mass is 32.2. The average Bonchev–Trinajstić information content (AvgIpc) is 2.36. The summed E-state index contributed by atoms with van der Waals surface area (Å²) < 4.78 is 25.2. The van der Waals surface area contributed by atoms with Crippen LogP contribution < -0.4 is 16.2 Å². The molecule has 0 aliphatic rings. The van der Waals surface area contributed by atoms with Crippen molar-refractivity contribution in [2.75, 3.05) is 11.5 Å². The van der Waals surface area contributed by atoms with Gasteiger partial charge in [0.05, 0.1) is 16.3 Å². The molecule has 0 saturated heterocycles. The Balaban J connectivity index is 2.24. The van der Waals surface area contributed by atoms with E-state index in [1.54, 1.807) is 30.3 Å². The topological polar surface area (TPSA) is 98.6 Å². The molecule has 0 aliphatic carbocycles. The van der Waals surface area contributed by atoms with Crippen molar-refractivity contribution in [1.82, 2.24) is 0 Å². The van der Waals surface area contributed by atoms with Crippen LogP contribution in [0.1, 0.15) is 0 Å². The van der Waals surface area contributed by atoms with Crippen LogP contribution in [0.2, 0.25) is 0 Å². The van der Waals surface area contributed by atoms with Crippen LogP contribution in [0.3, 0.4) is 0 Å². The van der Waals surface area contributed by atoms with Crippen molar-refractivity contribution in [3.05, 3.63) is 42.5 Å². The Labute approximate surface area is 107 Å². The zero-order chi connectivity index (χ0) is 13.1. The largest absolute Gasteiger partial charge is 0.455 e. The molecule has 0 amide bonds. The van der Waals surface area contributed by atoms with E-state index in [1.807, 2.05) is 0 Å². The predicted molar refractivity (Wildman–Crippen MR) is 70.8 cm³/mol. The van der Waals surface area contributed by atoms with E-state index in [9.17, 15) is 4.21 Å². The van der Waals surface area contributed by atoms with Gasteiger partial charge in [0.25, 0.3) is 0 Å². The van der Waals surface area contributed by atoms with Crippen molar-refractivity contribution in [3.63, 3.8) is 0 Å². The lowest BCUT2D eigenvalue weighted by Gasteiger charge is -2.09. The quantitative estimate of drug-likeness (QED) is 0.583. The summed E-state index contributed by atoms with van der Waals surface area (Å²) in [6.45, 7) is 0. The third-order valence-corrected chi connectivity index (χ3v) is 3.03. The molecule has 1 atom stereocenters. The molecule has 0 radical (unpaired) electrons. The Morgan fingerprint density at radius 3 is 2.33 bits per heavy atom. The second-order valence-electron chi connectivity index (χ2n) is 3.58. The van der Waals surface area contributed by atoms with E-state index >= 15 is 0 Å². The second kappa shape index (κ2) is 5.07. The number of rotatable bonds is 3. The molecule has 1 unspecified atom stereocenters. The fraction of sp³-hybridized carbons (Fsp3) is 0. The van der Waals surface area contributed by atoms with Gasteiger partial charge in [-0.1, -0.05) is 6.07 Å². The first-order chi connectivity index (χ1) is 8.58. The molecule has 94 valence electrons. The van der Waals surface area contributed by atoms with E-state index in [0.29, 0.717) is 27.8 Å². The monoisotopic (exact) mass is 264 g/mol. The molecule has 18 heavy (non-hydrogen) atoms. The molecule has 0 heterocycles. The van der Waals surface area contributed by atoms with Crippen LogP contribution in [-0.2, 0) is 11.1 Å². The van der Waals surface area contributed by atoms with Gasteiger partial charge in [0, 0.05) is 0 Å². The minimum atomic E-state index is -1.99. The third kappa shape index (κ3) is 2.61. The summed E-state index contributed by atoms with van der Waals surface area (Å²) in [5.41, 5.74) is 12.2. The number of nitrogens with two attached hydrogens (primary N) is 2. The van der Waals surface area contributed by atoms with Gasteiger partial charge in [0.2, 0.25) is 0 Å². The Bertz CT molecular complexity index is 584. The molecule has 0 fully saturated rings. The zero-order valence-corrected chi connectivity index (χ0v) is 10.2. The lowest BCUT2D eigenvalue weighted by atomic mass is 10.2. The number of para-hydroxylation sites is 1. The Morgan fingerprint density at radius 1 is 1.06 bits per heavy atom. The summed E-state index contributed by atoms with van der Waals surface area (Å²) in [5.74, 6) is 0.967. The molecule has 5 N–H and O–H groups in total. The summed E-state index contributed by atoms with van der Waals surface area (Å²) in [4.78, 5) is 0.308. The average molecular weight is 264 g/mol. The second-order valence-corrected chi connectivity index (χ2v) is 4.55. The van der Waals surface area contributed by atoms with E-state index < -0.39 is 11.1 Å². The SMILES string of the molecule is Nc1cccc(Oc2ccc(S(=O)O)cc2)c1N. The molecule has 0 spiro atoms. The summed E-state index contributed by atoms with van der Waals surface area (Å²) in [6.07, 6.45) is 0. The lowest BCUT2D eigenvalue weighted by Crippen LogP contribution is -1.97. The van der Waals surface area contributed by atoms with Crippen molar-refractivity contribution in [2.45, 2.75) is 4.90 Å². The van der Waals surface area contributed by atoms with Crippen molar-refractivity contribution < 1.29 is 13.5 Å². The molecule has 2 aromatic rings. The summed E-state index contributed by atoms with van der Waals surface area (Å²) in [5, 5.41) is 0. The molecule has 2 aromatic carbocycles. The van der Waals surface area contributed by atoms with Gasteiger partial charge in [-0.25, -0.2) is 4.21 Å². The van der Waals surface area contributed by atoms with E-state index in [2.05, 4.69) is 0 Å². The first-order valence-electron chi connectivity index (χ1n) is 5.10. The molecule has 2 rings (SSSR count). The lowest BCUT2D eigenvalue weighted by molar-refractivity contribution is 0.484. The van der Waals surface area contributed by atoms with Crippen molar-refractivity contribution in [2.24, 2.45) is 0 Å². The summed E-state index contributed by atoms with van der Waals surface area (Å²) in [6, 6.07) is 11.3. The molecule has 5 nitrogen and oxygen atoms in total. The van der Waals surface area contributed by atoms with E-state index in [1.165, 1.54) is 12.1 Å². The van der Waals surface area contributed by atoms with Gasteiger partial charge in [0.1, 0.15) is 5.75 Å². The molecular weight excluding hydrogens is 252 g/mol. The van der Waals surface area contributed by atoms with Crippen LogP contribution >= 0.6 is 0 Å². The van der Waals surface area contributed by atoms with Crippen LogP contribution in [0.15, 0.2) is 47.4 Å². The van der Waals surface area contributed by atoms with E-state index in [4.69, 9.17) is 20.8 Å². The maximum Gasteiger partial charge on any atom is 0.186 e. The zero-order valence-electron chi connectivity index (χ0n) is 9.37. The van der Waals surface area contributed by atoms with Crippen molar-refractivity contribution >= 4 is 22.5 Å². The molecule has 6 heteroatoms. The number of ether oxygens (including phenoxy) is 1. The maximum atomic E-state index is 10.8. The summed E-state index contributed by atoms with van der Waals surface area (Å²) >= 11 is -1.99. The van der Waals surface area contributed by atoms with Gasteiger partial charge < -0.3 is 20.8 Å². The fourth-order valence-electron chi connectivity index (χ4n) is 1.40. The van der Waals surface area contributed by atoms with Crippen LogP contribution in [-0.4, -0.2) is 8.76 Å². The number of hydrogen-bond donors (Lipinski definition) is 3. The van der Waals surface area contributed by atoms with E-state index in [0.717, 1.165) is 0 Å². The highest BCUT2D eigenvalue weighted by Crippen LogP contribution is 2.31. The van der Waals surface area contributed by atoms with Gasteiger partial charge in [-0.15, -0.1) is 0 Å². The van der Waals surface area contributed by atoms with Gasteiger partial charge in [-0.3, -0.25) is 0 Å². The van der Waals surface area contributed by atoms with E-state index in [-0.39, 0.29) is 0 Å². The first kappa shape index (κ1) is 12.4. The van der Waals surface area contributed by atoms with Gasteiger partial charge in [0.15, 0.2) is 16.8 Å². The van der Waals surface area contributed by atoms with Gasteiger partial charge in [-0.05, 0) is 36.4 Å². The smallest absolute Gasteiger partial charge is 0.186 e. The minimum absolute atomic E-state index is 0.308. The van der Waals surface area contributed by atoms with Gasteiger partial charge >= 0.3 is 0 Å². The van der Waals surface area contributed by atoms with Crippen LogP contribution in [0, 0.1) is 0 Å². The minimum Gasteiger partial charge on any atom is -0.455 e. The third-order valence-electron chi connectivity index (χ3n) is 2.35. The number of hydrogen-bond acceptors (Lipinski definition) is 4. The molecule has 0 bridgehead atoms. The number of anilines is 2. The van der Waals surface area contributed by atoms with Crippen LogP contribution in [0.25, 0.3) is 0 Å². The Hall–Kier alpha value is -2.05. The fourth-order valence-corrected chi connectivity index (χ4v) is 1.77. The number of nitrogen functional groups attached to an aromatic ring is 2. The Morgan fingerprint density at radius 2 is 1.72 bits per heavy atom. The van der Waals surface area contributed by atoms with Gasteiger partial charge in [-0.2, -0.15) is 0 Å². The van der Waals surface area contributed by atoms with Crippen LogP contribution in [0.5, 0.6) is 11.5 Å². The predicted octanol–water partition coefficient (Wildman–Crippen LogP) is 2.22. The molecule has 0 saturated carbocycles. The highest BCUT2D eigenvalue weighted by molar-refractivity contribution is 7.79. The number of benzene rings is 2. The first-order valence-corrected chi connectivity index (χ1v) is 6.21. The van der Waals surface area contributed by atoms with Crippen molar-refractivity contribution in [1.29, 1.82) is 0 Å². The summed E-state index contributed by atoms with van der Waals surface area (Å²) in [7, 11) is 0. The Kier molecular flexibility index (Phi) is 3.50. The highest BCUT2D eigenvalue weighted by Gasteiger charge is 2.05. The molecule has 0 aromatic heterocycles. The molecular formula is C12H12N2O3S. The standard InChI is InChI=1S/C12H12N2O3S/c13-10-2-1-3-11(12(10)14)17-8-4-6-9(7-5-8)18(15)16/h1-7H,13-14H2,(H,15,16). The maximum absolute atomic E-state index is 10.8.